The molecule has 0 amide bonds. The Morgan fingerprint density at radius 3 is 2.14 bits per heavy atom. The topological polar surface area (TPSA) is 47.9 Å². The molecule has 0 aromatic heterocycles. The van der Waals surface area contributed by atoms with Crippen LogP contribution in [-0.4, -0.2) is 36.6 Å². The van der Waals surface area contributed by atoms with Crippen LogP contribution in [-0.2, 0) is 15.7 Å². The smallest absolute Gasteiger partial charge is 0.457 e. The molecule has 22 heavy (non-hydrogen) atoms. The average molecular weight is 306 g/mol. The summed E-state index contributed by atoms with van der Waals surface area (Å²) in [4.78, 5) is 0. The summed E-state index contributed by atoms with van der Waals surface area (Å²) in [6.07, 6.45) is 1.59. The summed E-state index contributed by atoms with van der Waals surface area (Å²) in [6, 6.07) is 7.79. The normalized spacial score (nSPS) is 20.9. The van der Waals surface area contributed by atoms with Gasteiger partial charge in [-0.1, -0.05) is 12.1 Å². The summed E-state index contributed by atoms with van der Waals surface area (Å²) in [5.41, 5.74) is 0.485. The third kappa shape index (κ3) is 4.03. The minimum absolute atomic E-state index is 0.240. The first kappa shape index (κ1) is 17.3. The molecule has 0 aliphatic carbocycles. The van der Waals surface area contributed by atoms with E-state index in [1.165, 1.54) is 0 Å². The van der Waals surface area contributed by atoms with Crippen molar-refractivity contribution in [3.8, 4) is 5.75 Å². The van der Waals surface area contributed by atoms with Crippen LogP contribution in [0.2, 0.25) is 6.32 Å². The van der Waals surface area contributed by atoms with E-state index in [1.54, 1.807) is 7.11 Å². The van der Waals surface area contributed by atoms with Crippen molar-refractivity contribution >= 4 is 7.12 Å². The summed E-state index contributed by atoms with van der Waals surface area (Å²) < 4.78 is 17.0. The van der Waals surface area contributed by atoms with Crippen molar-refractivity contribution in [3.05, 3.63) is 29.8 Å². The molecule has 0 saturated carbocycles. The van der Waals surface area contributed by atoms with E-state index in [2.05, 4.69) is 0 Å². The Morgan fingerprint density at radius 1 is 1.09 bits per heavy atom. The summed E-state index contributed by atoms with van der Waals surface area (Å²) in [6.45, 7) is 8.17. The summed E-state index contributed by atoms with van der Waals surface area (Å²) in [5.74, 6) is 0.829. The van der Waals surface area contributed by atoms with E-state index in [1.807, 2.05) is 52.0 Å². The van der Waals surface area contributed by atoms with Crippen molar-refractivity contribution in [2.45, 2.75) is 64.2 Å². The van der Waals surface area contributed by atoms with Gasteiger partial charge in [0.15, 0.2) is 0 Å². The fourth-order valence-electron chi connectivity index (χ4n) is 2.55. The van der Waals surface area contributed by atoms with Crippen LogP contribution in [0.1, 0.15) is 39.7 Å². The molecule has 1 saturated heterocycles. The van der Waals surface area contributed by atoms with Gasteiger partial charge in [-0.05, 0) is 64.6 Å². The zero-order chi connectivity index (χ0) is 16.4. The largest absolute Gasteiger partial charge is 0.497 e. The lowest BCUT2D eigenvalue weighted by Gasteiger charge is -2.32. The monoisotopic (exact) mass is 306 g/mol. The molecule has 1 unspecified atom stereocenters. The lowest BCUT2D eigenvalue weighted by Crippen LogP contribution is -2.41. The second-order valence-corrected chi connectivity index (χ2v) is 6.97. The molecule has 0 spiro atoms. The maximum Gasteiger partial charge on any atom is 0.457 e. The molecule has 1 aliphatic heterocycles. The van der Waals surface area contributed by atoms with Gasteiger partial charge < -0.3 is 19.2 Å². The highest BCUT2D eigenvalue weighted by atomic mass is 16.7. The van der Waals surface area contributed by atoms with Gasteiger partial charge in [-0.25, -0.2) is 0 Å². The van der Waals surface area contributed by atoms with Crippen LogP contribution in [0.15, 0.2) is 24.3 Å². The molecule has 1 heterocycles. The van der Waals surface area contributed by atoms with Crippen molar-refractivity contribution < 1.29 is 19.2 Å². The number of hydrogen-bond acceptors (Lipinski definition) is 4. The van der Waals surface area contributed by atoms with Gasteiger partial charge in [-0.2, -0.15) is 0 Å². The second kappa shape index (κ2) is 6.61. The van der Waals surface area contributed by atoms with E-state index in [4.69, 9.17) is 14.0 Å². The number of rotatable bonds is 6. The molecular formula is C17H27BO4. The Hall–Kier alpha value is -1.04. The van der Waals surface area contributed by atoms with Crippen molar-refractivity contribution in [1.29, 1.82) is 0 Å². The first-order valence-corrected chi connectivity index (χ1v) is 7.90. The summed E-state index contributed by atoms with van der Waals surface area (Å²) in [7, 11) is 1.41. The first-order valence-electron chi connectivity index (χ1n) is 7.90. The lowest BCUT2D eigenvalue weighted by molar-refractivity contribution is 0.00578. The highest BCUT2D eigenvalue weighted by Gasteiger charge is 2.50. The van der Waals surface area contributed by atoms with Gasteiger partial charge in [0.1, 0.15) is 5.75 Å². The van der Waals surface area contributed by atoms with Gasteiger partial charge >= 0.3 is 7.12 Å². The average Bonchev–Trinajstić information content (AvgIpc) is 2.65. The maximum absolute atomic E-state index is 10.2. The number of aliphatic hydroxyl groups excluding tert-OH is 1. The van der Waals surface area contributed by atoms with Crippen LogP contribution in [0.4, 0.5) is 0 Å². The van der Waals surface area contributed by atoms with E-state index in [0.717, 1.165) is 11.3 Å². The third-order valence-electron chi connectivity index (χ3n) is 4.67. The van der Waals surface area contributed by atoms with Crippen LogP contribution in [0.25, 0.3) is 0 Å². The Labute approximate surface area is 133 Å². The van der Waals surface area contributed by atoms with Gasteiger partial charge in [0.2, 0.25) is 0 Å². The third-order valence-corrected chi connectivity index (χ3v) is 4.67. The fraction of sp³-hybridized carbons (Fsp3) is 0.647. The molecule has 1 aromatic carbocycles. The molecule has 0 radical (unpaired) electrons. The quantitative estimate of drug-likeness (QED) is 0.821. The second-order valence-electron chi connectivity index (χ2n) is 6.97. The zero-order valence-corrected chi connectivity index (χ0v) is 14.3. The standard InChI is InChI=1S/C17H27BO4/c1-16(2)17(3,4)22-18(21-16)11-10-14(19)12-13-6-8-15(20-5)9-7-13/h6-9,14,19H,10-12H2,1-5H3. The fourth-order valence-corrected chi connectivity index (χ4v) is 2.55. The molecule has 2 rings (SSSR count). The molecule has 1 fully saturated rings. The van der Waals surface area contributed by atoms with E-state index >= 15 is 0 Å². The van der Waals surface area contributed by atoms with E-state index in [-0.39, 0.29) is 18.3 Å². The summed E-state index contributed by atoms with van der Waals surface area (Å²) >= 11 is 0. The number of methoxy groups -OCH3 is 1. The van der Waals surface area contributed by atoms with Crippen molar-refractivity contribution in [3.63, 3.8) is 0 Å². The van der Waals surface area contributed by atoms with Crippen LogP contribution in [0.5, 0.6) is 5.75 Å². The van der Waals surface area contributed by atoms with Crippen LogP contribution >= 0.6 is 0 Å². The number of ether oxygens (including phenoxy) is 1. The molecule has 5 heteroatoms. The number of aliphatic hydroxyl groups is 1. The van der Waals surface area contributed by atoms with Crippen molar-refractivity contribution in [2.24, 2.45) is 0 Å². The molecule has 0 bridgehead atoms. The predicted molar refractivity (Wildman–Crippen MR) is 88.2 cm³/mol. The molecule has 1 aliphatic rings. The number of hydrogen-bond donors (Lipinski definition) is 1. The maximum atomic E-state index is 10.2. The minimum atomic E-state index is -0.396. The summed E-state index contributed by atoms with van der Waals surface area (Å²) in [5, 5.41) is 10.2. The SMILES string of the molecule is COc1ccc(CC(O)CCB2OC(C)(C)C(C)(C)O2)cc1. The molecular weight excluding hydrogens is 279 g/mol. The Morgan fingerprint density at radius 2 is 1.64 bits per heavy atom. The zero-order valence-electron chi connectivity index (χ0n) is 14.3. The van der Waals surface area contributed by atoms with E-state index in [9.17, 15) is 5.11 Å². The molecule has 4 nitrogen and oxygen atoms in total. The predicted octanol–water partition coefficient (Wildman–Crippen LogP) is 3.08. The Kier molecular flexibility index (Phi) is 5.20. The highest BCUT2D eigenvalue weighted by Crippen LogP contribution is 2.38. The molecule has 1 atom stereocenters. The van der Waals surface area contributed by atoms with Crippen molar-refractivity contribution in [1.82, 2.24) is 0 Å². The van der Waals surface area contributed by atoms with Gasteiger partial charge in [0.05, 0.1) is 24.4 Å². The Balaban J connectivity index is 1.79. The Bertz CT molecular complexity index is 468. The van der Waals surface area contributed by atoms with E-state index < -0.39 is 6.10 Å². The van der Waals surface area contributed by atoms with Crippen molar-refractivity contribution in [2.75, 3.05) is 7.11 Å². The first-order chi connectivity index (χ1) is 10.2. The van der Waals surface area contributed by atoms with Gasteiger partial charge in [-0.15, -0.1) is 0 Å². The van der Waals surface area contributed by atoms with E-state index in [0.29, 0.717) is 19.2 Å². The molecule has 1 aromatic rings. The van der Waals surface area contributed by atoms with Crippen LogP contribution in [0, 0.1) is 0 Å². The lowest BCUT2D eigenvalue weighted by atomic mass is 9.81. The van der Waals surface area contributed by atoms with Gasteiger partial charge in [0, 0.05) is 0 Å². The molecule has 122 valence electrons. The van der Waals surface area contributed by atoms with Crippen LogP contribution < -0.4 is 4.74 Å². The van der Waals surface area contributed by atoms with Crippen LogP contribution in [0.3, 0.4) is 0 Å². The van der Waals surface area contributed by atoms with Gasteiger partial charge in [-0.3, -0.25) is 0 Å². The highest BCUT2D eigenvalue weighted by molar-refractivity contribution is 6.45. The minimum Gasteiger partial charge on any atom is -0.497 e. The molecule has 1 N–H and O–H groups in total. The van der Waals surface area contributed by atoms with Gasteiger partial charge in [0.25, 0.3) is 0 Å². The number of benzene rings is 1.